The summed E-state index contributed by atoms with van der Waals surface area (Å²) in [4.78, 5) is 0. The summed E-state index contributed by atoms with van der Waals surface area (Å²) in [6.07, 6.45) is -0.851. The van der Waals surface area contributed by atoms with Crippen LogP contribution in [0, 0.1) is 0 Å². The Kier molecular flexibility index (Phi) is 3.53. The second kappa shape index (κ2) is 4.23. The summed E-state index contributed by atoms with van der Waals surface area (Å²) in [5.74, 6) is 0. The Morgan fingerprint density at radius 3 is 2.67 bits per heavy atom. The van der Waals surface area contributed by atoms with Gasteiger partial charge in [-0.3, -0.25) is 0 Å². The second-order valence-electron chi connectivity index (χ2n) is 2.37. The third kappa shape index (κ3) is 2.20. The molecule has 1 aromatic carbocycles. The van der Waals surface area contributed by atoms with E-state index in [1.165, 1.54) is 0 Å². The van der Waals surface area contributed by atoms with Crippen LogP contribution in [0.2, 0.25) is 5.02 Å². The van der Waals surface area contributed by atoms with E-state index in [9.17, 15) is 5.11 Å². The standard InChI is InChI=1S/C8H8BrClO2/c9-6-2-1-5(3-7(6)10)8(12)4-11/h1-3,8,11-12H,4H2. The molecule has 66 valence electrons. The van der Waals surface area contributed by atoms with Gasteiger partial charge in [0.15, 0.2) is 0 Å². The number of aliphatic hydroxyl groups excluding tert-OH is 2. The minimum Gasteiger partial charge on any atom is -0.393 e. The van der Waals surface area contributed by atoms with Crippen LogP contribution in [0.15, 0.2) is 22.7 Å². The molecule has 1 atom stereocenters. The maximum atomic E-state index is 9.22. The maximum absolute atomic E-state index is 9.22. The Balaban J connectivity index is 2.96. The fraction of sp³-hybridized carbons (Fsp3) is 0.250. The lowest BCUT2D eigenvalue weighted by molar-refractivity contribution is 0.0956. The first-order valence-corrected chi connectivity index (χ1v) is 4.56. The van der Waals surface area contributed by atoms with Gasteiger partial charge in [-0.2, -0.15) is 0 Å². The minimum atomic E-state index is -0.851. The fourth-order valence-corrected chi connectivity index (χ4v) is 1.26. The lowest BCUT2D eigenvalue weighted by Crippen LogP contribution is -2.01. The summed E-state index contributed by atoms with van der Waals surface area (Å²) in [5.41, 5.74) is 0.616. The van der Waals surface area contributed by atoms with Gasteiger partial charge in [-0.25, -0.2) is 0 Å². The molecule has 0 saturated carbocycles. The Labute approximate surface area is 83.9 Å². The third-order valence-corrected chi connectivity index (χ3v) is 2.73. The van der Waals surface area contributed by atoms with Gasteiger partial charge in [0.1, 0.15) is 6.10 Å². The summed E-state index contributed by atoms with van der Waals surface area (Å²) in [6.45, 7) is -0.294. The van der Waals surface area contributed by atoms with Crippen LogP contribution in [0.1, 0.15) is 11.7 Å². The van der Waals surface area contributed by atoms with Crippen LogP contribution >= 0.6 is 27.5 Å². The highest BCUT2D eigenvalue weighted by atomic mass is 79.9. The Morgan fingerprint density at radius 2 is 2.17 bits per heavy atom. The van der Waals surface area contributed by atoms with Crippen molar-refractivity contribution in [2.75, 3.05) is 6.61 Å². The Hall–Kier alpha value is -0.0900. The summed E-state index contributed by atoms with van der Waals surface area (Å²) in [6, 6.07) is 5.06. The van der Waals surface area contributed by atoms with Gasteiger partial charge in [0.2, 0.25) is 0 Å². The Bertz CT molecular complexity index is 278. The van der Waals surface area contributed by atoms with E-state index in [2.05, 4.69) is 15.9 Å². The number of hydrogen-bond acceptors (Lipinski definition) is 2. The molecule has 0 aromatic heterocycles. The van der Waals surface area contributed by atoms with Gasteiger partial charge in [0, 0.05) is 4.47 Å². The smallest absolute Gasteiger partial charge is 0.102 e. The predicted octanol–water partition coefficient (Wildman–Crippen LogP) is 2.13. The van der Waals surface area contributed by atoms with E-state index in [0.717, 1.165) is 4.47 Å². The SMILES string of the molecule is OCC(O)c1ccc(Br)c(Cl)c1. The van der Waals surface area contributed by atoms with Crippen molar-refractivity contribution in [1.29, 1.82) is 0 Å². The van der Waals surface area contributed by atoms with Crippen LogP contribution in [0.3, 0.4) is 0 Å². The first-order chi connectivity index (χ1) is 5.65. The highest BCUT2D eigenvalue weighted by Crippen LogP contribution is 2.25. The number of benzene rings is 1. The van der Waals surface area contributed by atoms with Crippen molar-refractivity contribution >= 4 is 27.5 Å². The van der Waals surface area contributed by atoms with E-state index in [-0.39, 0.29) is 6.61 Å². The van der Waals surface area contributed by atoms with Crippen LogP contribution in [0.4, 0.5) is 0 Å². The van der Waals surface area contributed by atoms with Crippen molar-refractivity contribution in [3.05, 3.63) is 33.3 Å². The van der Waals surface area contributed by atoms with Crippen LogP contribution in [0.25, 0.3) is 0 Å². The molecule has 0 saturated heterocycles. The molecular formula is C8H8BrClO2. The zero-order valence-corrected chi connectivity index (χ0v) is 8.51. The van der Waals surface area contributed by atoms with Gasteiger partial charge >= 0.3 is 0 Å². The molecule has 0 radical (unpaired) electrons. The van der Waals surface area contributed by atoms with E-state index in [1.807, 2.05) is 0 Å². The quantitative estimate of drug-likeness (QED) is 0.845. The van der Waals surface area contributed by atoms with Gasteiger partial charge in [-0.1, -0.05) is 17.7 Å². The van der Waals surface area contributed by atoms with Crippen molar-refractivity contribution in [3.63, 3.8) is 0 Å². The largest absolute Gasteiger partial charge is 0.393 e. The molecule has 0 aliphatic carbocycles. The van der Waals surface area contributed by atoms with Crippen molar-refractivity contribution in [2.24, 2.45) is 0 Å². The third-order valence-electron chi connectivity index (χ3n) is 1.50. The average Bonchev–Trinajstić information content (AvgIpc) is 2.08. The van der Waals surface area contributed by atoms with Crippen molar-refractivity contribution in [3.8, 4) is 0 Å². The lowest BCUT2D eigenvalue weighted by atomic mass is 10.1. The van der Waals surface area contributed by atoms with Crippen LogP contribution < -0.4 is 0 Å². The van der Waals surface area contributed by atoms with Gasteiger partial charge in [-0.15, -0.1) is 0 Å². The molecule has 4 heteroatoms. The van der Waals surface area contributed by atoms with E-state index < -0.39 is 6.10 Å². The molecule has 0 heterocycles. The monoisotopic (exact) mass is 250 g/mol. The normalized spacial score (nSPS) is 13.0. The molecule has 1 rings (SSSR count). The molecule has 1 unspecified atom stereocenters. The number of aliphatic hydroxyl groups is 2. The van der Waals surface area contributed by atoms with Crippen molar-refractivity contribution in [2.45, 2.75) is 6.10 Å². The van der Waals surface area contributed by atoms with Gasteiger partial charge in [-0.05, 0) is 33.6 Å². The number of halogens is 2. The number of hydrogen-bond donors (Lipinski definition) is 2. The zero-order chi connectivity index (χ0) is 9.14. The van der Waals surface area contributed by atoms with E-state index in [4.69, 9.17) is 16.7 Å². The molecule has 0 amide bonds. The van der Waals surface area contributed by atoms with Gasteiger partial charge in [0.25, 0.3) is 0 Å². The van der Waals surface area contributed by atoms with Crippen LogP contribution in [-0.4, -0.2) is 16.8 Å². The lowest BCUT2D eigenvalue weighted by Gasteiger charge is -2.07. The first-order valence-electron chi connectivity index (χ1n) is 3.39. The van der Waals surface area contributed by atoms with E-state index in [0.29, 0.717) is 10.6 Å². The Morgan fingerprint density at radius 1 is 1.50 bits per heavy atom. The second-order valence-corrected chi connectivity index (χ2v) is 3.63. The van der Waals surface area contributed by atoms with E-state index in [1.54, 1.807) is 18.2 Å². The summed E-state index contributed by atoms with van der Waals surface area (Å²) >= 11 is 9.00. The molecular weight excluding hydrogens is 243 g/mol. The summed E-state index contributed by atoms with van der Waals surface area (Å²) in [5, 5.41) is 18.4. The maximum Gasteiger partial charge on any atom is 0.102 e. The van der Waals surface area contributed by atoms with Crippen LogP contribution in [0.5, 0.6) is 0 Å². The molecule has 2 N–H and O–H groups in total. The highest BCUT2D eigenvalue weighted by molar-refractivity contribution is 9.10. The molecule has 0 aliphatic heterocycles. The van der Waals surface area contributed by atoms with Gasteiger partial charge < -0.3 is 10.2 Å². The fourth-order valence-electron chi connectivity index (χ4n) is 0.825. The first kappa shape index (κ1) is 9.99. The zero-order valence-electron chi connectivity index (χ0n) is 6.17. The minimum absolute atomic E-state index is 0.294. The molecule has 0 bridgehead atoms. The molecule has 0 spiro atoms. The van der Waals surface area contributed by atoms with E-state index >= 15 is 0 Å². The summed E-state index contributed by atoms with van der Waals surface area (Å²) in [7, 11) is 0. The average molecular weight is 252 g/mol. The molecule has 0 fully saturated rings. The van der Waals surface area contributed by atoms with Gasteiger partial charge in [0.05, 0.1) is 11.6 Å². The van der Waals surface area contributed by atoms with Crippen molar-refractivity contribution < 1.29 is 10.2 Å². The van der Waals surface area contributed by atoms with Crippen LogP contribution in [-0.2, 0) is 0 Å². The van der Waals surface area contributed by atoms with Crippen molar-refractivity contribution in [1.82, 2.24) is 0 Å². The topological polar surface area (TPSA) is 40.5 Å². The molecule has 1 aromatic rings. The molecule has 0 aliphatic rings. The predicted molar refractivity (Wildman–Crippen MR) is 51.2 cm³/mol. The molecule has 2 nitrogen and oxygen atoms in total. The summed E-state index contributed by atoms with van der Waals surface area (Å²) < 4.78 is 0.776. The number of rotatable bonds is 2. The molecule has 12 heavy (non-hydrogen) atoms. The highest BCUT2D eigenvalue weighted by Gasteiger charge is 2.06.